The van der Waals surface area contributed by atoms with Crippen molar-refractivity contribution in [3.63, 3.8) is 0 Å². The number of aromatic nitrogens is 4. The molecule has 0 radical (unpaired) electrons. The molecule has 0 fully saturated rings. The van der Waals surface area contributed by atoms with Crippen molar-refractivity contribution in [1.82, 2.24) is 20.4 Å². The smallest absolute Gasteiger partial charge is 0.264 e. The molecule has 0 spiro atoms. The predicted octanol–water partition coefficient (Wildman–Crippen LogP) is 2.32. The maximum Gasteiger partial charge on any atom is 0.264 e. The first-order chi connectivity index (χ1) is 9.79. The van der Waals surface area contributed by atoms with Crippen molar-refractivity contribution in [2.24, 2.45) is 0 Å². The molecule has 3 heterocycles. The number of rotatable bonds is 4. The van der Waals surface area contributed by atoms with E-state index in [4.69, 9.17) is 0 Å². The molecule has 0 amide bonds. The van der Waals surface area contributed by atoms with Crippen molar-refractivity contribution in [3.05, 3.63) is 40.0 Å². The number of hydrogen-bond acceptors (Lipinski definition) is 5. The Morgan fingerprint density at radius 1 is 1.25 bits per heavy atom. The maximum atomic E-state index is 11.2. The average Bonchev–Trinajstić information content (AvgIpc) is 3.09. The van der Waals surface area contributed by atoms with Crippen molar-refractivity contribution >= 4 is 17.2 Å². The fourth-order valence-electron chi connectivity index (χ4n) is 1.97. The van der Waals surface area contributed by atoms with Crippen LogP contribution in [0.2, 0.25) is 0 Å². The largest absolute Gasteiger partial charge is 0.368 e. The van der Waals surface area contributed by atoms with E-state index in [1.807, 2.05) is 24.4 Å². The molecular weight excluding hydrogens is 274 g/mol. The van der Waals surface area contributed by atoms with Crippen LogP contribution >= 0.6 is 11.3 Å². The second kappa shape index (κ2) is 5.30. The van der Waals surface area contributed by atoms with Gasteiger partial charge < -0.3 is 5.32 Å². The van der Waals surface area contributed by atoms with E-state index in [9.17, 15) is 4.79 Å². The molecule has 3 N–H and O–H groups in total. The predicted molar refractivity (Wildman–Crippen MR) is 79.9 cm³/mol. The van der Waals surface area contributed by atoms with Gasteiger partial charge in [-0.25, -0.2) is 5.10 Å². The highest BCUT2D eigenvalue weighted by Crippen LogP contribution is 2.36. The van der Waals surface area contributed by atoms with Crippen LogP contribution in [-0.2, 0) is 0 Å². The summed E-state index contributed by atoms with van der Waals surface area (Å²) in [5.41, 5.74) is 2.22. The number of anilines is 1. The zero-order valence-corrected chi connectivity index (χ0v) is 11.6. The third kappa shape index (κ3) is 2.23. The van der Waals surface area contributed by atoms with Crippen LogP contribution in [0.1, 0.15) is 6.92 Å². The van der Waals surface area contributed by atoms with Crippen LogP contribution in [0, 0.1) is 0 Å². The molecular formula is C13H13N5OS. The van der Waals surface area contributed by atoms with E-state index in [0.717, 1.165) is 28.5 Å². The van der Waals surface area contributed by atoms with E-state index < -0.39 is 0 Å². The van der Waals surface area contributed by atoms with Gasteiger partial charge in [0.1, 0.15) is 0 Å². The summed E-state index contributed by atoms with van der Waals surface area (Å²) in [7, 11) is 0. The van der Waals surface area contributed by atoms with E-state index in [2.05, 4.69) is 25.7 Å². The second-order valence-corrected chi connectivity index (χ2v) is 5.08. The van der Waals surface area contributed by atoms with Gasteiger partial charge in [0.15, 0.2) is 5.82 Å². The van der Waals surface area contributed by atoms with Gasteiger partial charge in [-0.05, 0) is 24.4 Å². The number of thiophene rings is 1. The van der Waals surface area contributed by atoms with Gasteiger partial charge in [0, 0.05) is 12.6 Å². The average molecular weight is 287 g/mol. The Kier molecular flexibility index (Phi) is 3.34. The standard InChI is InChI=1S/C13H13N5OS/c1-2-14-13-11(8-5-6-10(19)16-15-8)12(17-18-13)9-4-3-7-20-9/h3-7H,2H2,1H3,(H,16,19)(H2,14,17,18). The Hall–Kier alpha value is -2.41. The highest BCUT2D eigenvalue weighted by Gasteiger charge is 2.18. The molecule has 0 bridgehead atoms. The van der Waals surface area contributed by atoms with Gasteiger partial charge in [-0.15, -0.1) is 11.3 Å². The molecule has 0 unspecified atom stereocenters. The van der Waals surface area contributed by atoms with Gasteiger partial charge in [-0.1, -0.05) is 6.07 Å². The number of aromatic amines is 2. The minimum absolute atomic E-state index is 0.222. The Labute approximate surface area is 118 Å². The summed E-state index contributed by atoms with van der Waals surface area (Å²) in [5.74, 6) is 0.732. The summed E-state index contributed by atoms with van der Waals surface area (Å²) < 4.78 is 0. The molecule has 0 atom stereocenters. The van der Waals surface area contributed by atoms with Crippen LogP contribution in [0.25, 0.3) is 21.8 Å². The SMILES string of the molecule is CCNc1n[nH]c(-c2cccs2)c1-c1ccc(=O)[nH]n1. The second-order valence-electron chi connectivity index (χ2n) is 4.14. The Bertz CT molecular complexity index is 739. The normalized spacial score (nSPS) is 10.7. The van der Waals surface area contributed by atoms with E-state index in [1.165, 1.54) is 6.07 Å². The summed E-state index contributed by atoms with van der Waals surface area (Å²) in [5, 5.41) is 19.1. The van der Waals surface area contributed by atoms with Crippen LogP contribution in [0.5, 0.6) is 0 Å². The van der Waals surface area contributed by atoms with Gasteiger partial charge in [-0.2, -0.15) is 10.2 Å². The lowest BCUT2D eigenvalue weighted by molar-refractivity contribution is 0.995. The zero-order chi connectivity index (χ0) is 13.9. The van der Waals surface area contributed by atoms with Crippen LogP contribution in [0.4, 0.5) is 5.82 Å². The highest BCUT2D eigenvalue weighted by molar-refractivity contribution is 7.13. The minimum atomic E-state index is -0.222. The number of nitrogens with zero attached hydrogens (tertiary/aromatic N) is 2. The van der Waals surface area contributed by atoms with Crippen molar-refractivity contribution in [3.8, 4) is 21.8 Å². The summed E-state index contributed by atoms with van der Waals surface area (Å²) in [6.07, 6.45) is 0. The monoisotopic (exact) mass is 287 g/mol. The van der Waals surface area contributed by atoms with Crippen molar-refractivity contribution in [1.29, 1.82) is 0 Å². The molecule has 0 aliphatic heterocycles. The summed E-state index contributed by atoms with van der Waals surface area (Å²) in [6.45, 7) is 2.76. The van der Waals surface area contributed by atoms with Gasteiger partial charge >= 0.3 is 0 Å². The van der Waals surface area contributed by atoms with E-state index >= 15 is 0 Å². The van der Waals surface area contributed by atoms with Gasteiger partial charge in [0.2, 0.25) is 0 Å². The van der Waals surface area contributed by atoms with Crippen LogP contribution in [0.15, 0.2) is 34.4 Å². The third-order valence-electron chi connectivity index (χ3n) is 2.81. The van der Waals surface area contributed by atoms with Crippen LogP contribution < -0.4 is 10.9 Å². The van der Waals surface area contributed by atoms with Crippen molar-refractivity contribution in [2.45, 2.75) is 6.92 Å². The molecule has 3 aromatic rings. The van der Waals surface area contributed by atoms with Crippen LogP contribution in [-0.4, -0.2) is 26.9 Å². The quantitative estimate of drug-likeness (QED) is 0.687. The molecule has 102 valence electrons. The van der Waals surface area contributed by atoms with Gasteiger partial charge in [0.25, 0.3) is 5.56 Å². The summed E-state index contributed by atoms with van der Waals surface area (Å²) in [6, 6.07) is 7.16. The van der Waals surface area contributed by atoms with E-state index in [1.54, 1.807) is 17.4 Å². The summed E-state index contributed by atoms with van der Waals surface area (Å²) in [4.78, 5) is 12.2. The molecule has 0 saturated heterocycles. The van der Waals surface area contributed by atoms with Crippen molar-refractivity contribution in [2.75, 3.05) is 11.9 Å². The molecule has 0 aliphatic rings. The number of nitrogens with one attached hydrogen (secondary N) is 3. The number of hydrogen-bond donors (Lipinski definition) is 3. The third-order valence-corrected chi connectivity index (χ3v) is 3.70. The molecule has 3 aromatic heterocycles. The first kappa shape index (κ1) is 12.6. The lowest BCUT2D eigenvalue weighted by Gasteiger charge is -2.04. The zero-order valence-electron chi connectivity index (χ0n) is 10.8. The first-order valence-electron chi connectivity index (χ1n) is 6.22. The lowest BCUT2D eigenvalue weighted by Crippen LogP contribution is -2.06. The van der Waals surface area contributed by atoms with Crippen molar-refractivity contribution < 1.29 is 0 Å². The minimum Gasteiger partial charge on any atom is -0.368 e. The topological polar surface area (TPSA) is 86.5 Å². The van der Waals surface area contributed by atoms with Crippen LogP contribution in [0.3, 0.4) is 0 Å². The molecule has 0 aromatic carbocycles. The fraction of sp³-hybridized carbons (Fsp3) is 0.154. The van der Waals surface area contributed by atoms with E-state index in [-0.39, 0.29) is 5.56 Å². The number of H-pyrrole nitrogens is 2. The Morgan fingerprint density at radius 2 is 2.15 bits per heavy atom. The maximum absolute atomic E-state index is 11.2. The molecule has 3 rings (SSSR count). The molecule has 6 nitrogen and oxygen atoms in total. The highest BCUT2D eigenvalue weighted by atomic mass is 32.1. The molecule has 7 heteroatoms. The van der Waals surface area contributed by atoms with Gasteiger partial charge in [-0.3, -0.25) is 9.89 Å². The lowest BCUT2D eigenvalue weighted by atomic mass is 10.1. The molecule has 0 saturated carbocycles. The fourth-order valence-corrected chi connectivity index (χ4v) is 2.70. The molecule has 0 aliphatic carbocycles. The first-order valence-corrected chi connectivity index (χ1v) is 7.09. The van der Waals surface area contributed by atoms with E-state index in [0.29, 0.717) is 5.69 Å². The van der Waals surface area contributed by atoms with Gasteiger partial charge in [0.05, 0.1) is 21.8 Å². The summed E-state index contributed by atoms with van der Waals surface area (Å²) >= 11 is 1.62. The molecule has 20 heavy (non-hydrogen) atoms. The Balaban J connectivity index is 2.17. The Morgan fingerprint density at radius 3 is 2.80 bits per heavy atom.